The lowest BCUT2D eigenvalue weighted by molar-refractivity contribution is -0.113. The molecule has 4 aliphatic rings. The van der Waals surface area contributed by atoms with E-state index in [9.17, 15) is 0 Å². The molecule has 4 fully saturated rings. The molecule has 19 heavy (non-hydrogen) atoms. The molecule has 7 atom stereocenters. The summed E-state index contributed by atoms with van der Waals surface area (Å²) in [5.41, 5.74) is 0. The number of ether oxygens (including phenoxy) is 4. The Labute approximate surface area is 114 Å². The second-order valence-corrected chi connectivity index (χ2v) is 6.57. The first-order valence-corrected chi connectivity index (χ1v) is 7.81. The van der Waals surface area contributed by atoms with Crippen molar-refractivity contribution in [3.05, 3.63) is 0 Å². The van der Waals surface area contributed by atoms with Gasteiger partial charge in [0.05, 0.1) is 38.6 Å². The van der Waals surface area contributed by atoms with Crippen LogP contribution in [0.5, 0.6) is 0 Å². The summed E-state index contributed by atoms with van der Waals surface area (Å²) < 4.78 is 22.8. The predicted octanol–water partition coefficient (Wildman–Crippen LogP) is 1.62. The topological polar surface area (TPSA) is 43.5 Å². The van der Waals surface area contributed by atoms with Gasteiger partial charge in [0.2, 0.25) is 0 Å². The highest BCUT2D eigenvalue weighted by molar-refractivity contribution is 5.03. The van der Waals surface area contributed by atoms with Gasteiger partial charge >= 0.3 is 0 Å². The van der Waals surface area contributed by atoms with Crippen molar-refractivity contribution in [2.75, 3.05) is 26.4 Å². The molecule has 0 aromatic rings. The summed E-state index contributed by atoms with van der Waals surface area (Å²) in [7, 11) is 0. The average Bonchev–Trinajstić information content (AvgIpc) is 3.34. The Morgan fingerprint density at radius 2 is 1.58 bits per heavy atom. The average molecular weight is 268 g/mol. The van der Waals surface area contributed by atoms with Crippen molar-refractivity contribution in [1.29, 1.82) is 0 Å². The van der Waals surface area contributed by atoms with E-state index in [0.29, 0.717) is 36.3 Å². The first-order chi connectivity index (χ1) is 9.35. The van der Waals surface area contributed by atoms with Gasteiger partial charge in [0.25, 0.3) is 0 Å². The molecule has 0 aromatic carbocycles. The predicted molar refractivity (Wildman–Crippen MR) is 69.0 cm³/mol. The van der Waals surface area contributed by atoms with Crippen molar-refractivity contribution >= 4 is 0 Å². The molecule has 2 aliphatic heterocycles. The van der Waals surface area contributed by atoms with Gasteiger partial charge in [0.1, 0.15) is 12.2 Å². The van der Waals surface area contributed by atoms with E-state index in [1.807, 2.05) is 0 Å². The third-order valence-electron chi connectivity index (χ3n) is 5.27. The van der Waals surface area contributed by atoms with Crippen LogP contribution in [0.25, 0.3) is 0 Å². The van der Waals surface area contributed by atoms with E-state index in [-0.39, 0.29) is 0 Å². The Morgan fingerprint density at radius 3 is 2.16 bits per heavy atom. The van der Waals surface area contributed by atoms with Crippen molar-refractivity contribution in [1.82, 2.24) is 0 Å². The zero-order valence-electron chi connectivity index (χ0n) is 11.6. The van der Waals surface area contributed by atoms with Crippen LogP contribution in [0, 0.1) is 17.8 Å². The van der Waals surface area contributed by atoms with E-state index in [2.05, 4.69) is 6.92 Å². The highest BCUT2D eigenvalue weighted by atomic mass is 16.6. The third-order valence-corrected chi connectivity index (χ3v) is 5.27. The normalized spacial score (nSPS) is 50.7. The Kier molecular flexibility index (Phi) is 3.30. The van der Waals surface area contributed by atoms with E-state index < -0.39 is 0 Å². The SMILES string of the molecule is CCC1CC2C[C@@H]1C(OCC1CO1)C2OCC1CO1. The van der Waals surface area contributed by atoms with Gasteiger partial charge in [0, 0.05) is 0 Å². The molecule has 0 N–H and O–H groups in total. The molecule has 2 saturated carbocycles. The Balaban J connectivity index is 1.38. The molecular formula is C15H24O4. The summed E-state index contributed by atoms with van der Waals surface area (Å²) in [5.74, 6) is 2.25. The molecule has 0 spiro atoms. The third kappa shape index (κ3) is 2.56. The summed E-state index contributed by atoms with van der Waals surface area (Å²) in [5, 5.41) is 0. The summed E-state index contributed by atoms with van der Waals surface area (Å²) in [6.45, 7) is 5.56. The molecule has 0 aromatic heterocycles. The van der Waals surface area contributed by atoms with Crippen LogP contribution >= 0.6 is 0 Å². The standard InChI is InChI=1S/C15H24O4/c1-2-9-3-10-4-13(9)15(19-8-12-6-17-12)14(10)18-7-11-5-16-11/h9-15H,2-8H2,1H3/t9?,10?,11?,12?,13-,14?,15?/m0/s1. The fourth-order valence-electron chi connectivity index (χ4n) is 4.07. The minimum atomic E-state index is 0.298. The summed E-state index contributed by atoms with van der Waals surface area (Å²) >= 11 is 0. The van der Waals surface area contributed by atoms with Gasteiger partial charge in [-0.2, -0.15) is 0 Å². The van der Waals surface area contributed by atoms with Crippen LogP contribution in [-0.2, 0) is 18.9 Å². The maximum absolute atomic E-state index is 6.17. The Hall–Kier alpha value is -0.160. The first-order valence-electron chi connectivity index (χ1n) is 7.81. The number of hydrogen-bond donors (Lipinski definition) is 0. The number of rotatable bonds is 7. The van der Waals surface area contributed by atoms with Crippen LogP contribution in [0.15, 0.2) is 0 Å². The minimum Gasteiger partial charge on any atom is -0.372 e. The van der Waals surface area contributed by atoms with Gasteiger partial charge < -0.3 is 18.9 Å². The Morgan fingerprint density at radius 1 is 0.947 bits per heavy atom. The molecular weight excluding hydrogens is 244 g/mol. The van der Waals surface area contributed by atoms with Crippen LogP contribution in [0.4, 0.5) is 0 Å². The maximum atomic E-state index is 6.17. The van der Waals surface area contributed by atoms with E-state index in [1.165, 1.54) is 19.3 Å². The Bertz CT molecular complexity index is 326. The van der Waals surface area contributed by atoms with Crippen molar-refractivity contribution in [2.24, 2.45) is 17.8 Å². The number of hydrogen-bond acceptors (Lipinski definition) is 4. The minimum absolute atomic E-state index is 0.298. The zero-order valence-corrected chi connectivity index (χ0v) is 11.6. The van der Waals surface area contributed by atoms with Crippen molar-refractivity contribution < 1.29 is 18.9 Å². The molecule has 0 amide bonds. The van der Waals surface area contributed by atoms with Gasteiger partial charge in [-0.3, -0.25) is 0 Å². The lowest BCUT2D eigenvalue weighted by Gasteiger charge is -2.35. The van der Waals surface area contributed by atoms with Crippen molar-refractivity contribution in [2.45, 2.75) is 50.6 Å². The van der Waals surface area contributed by atoms with Crippen LogP contribution in [0.2, 0.25) is 0 Å². The van der Waals surface area contributed by atoms with E-state index >= 15 is 0 Å². The maximum Gasteiger partial charge on any atom is 0.104 e. The molecule has 2 aliphatic carbocycles. The van der Waals surface area contributed by atoms with E-state index in [1.54, 1.807) is 0 Å². The van der Waals surface area contributed by atoms with E-state index in [4.69, 9.17) is 18.9 Å². The van der Waals surface area contributed by atoms with Crippen LogP contribution in [-0.4, -0.2) is 50.8 Å². The molecule has 4 heteroatoms. The monoisotopic (exact) mass is 268 g/mol. The molecule has 4 nitrogen and oxygen atoms in total. The van der Waals surface area contributed by atoms with Gasteiger partial charge in [-0.05, 0) is 30.6 Å². The lowest BCUT2D eigenvalue weighted by atomic mass is 9.83. The summed E-state index contributed by atoms with van der Waals surface area (Å²) in [6.07, 6.45) is 5.21. The molecule has 4 rings (SSSR count). The van der Waals surface area contributed by atoms with Crippen LogP contribution < -0.4 is 0 Å². The molecule has 6 unspecified atom stereocenters. The molecule has 108 valence electrons. The van der Waals surface area contributed by atoms with Crippen LogP contribution in [0.3, 0.4) is 0 Å². The van der Waals surface area contributed by atoms with Crippen molar-refractivity contribution in [3.8, 4) is 0 Å². The molecule has 2 bridgehead atoms. The molecule has 2 saturated heterocycles. The fourth-order valence-corrected chi connectivity index (χ4v) is 4.07. The molecule has 0 radical (unpaired) electrons. The highest BCUT2D eigenvalue weighted by Crippen LogP contribution is 2.52. The van der Waals surface area contributed by atoms with Gasteiger partial charge in [0.15, 0.2) is 0 Å². The second-order valence-electron chi connectivity index (χ2n) is 6.57. The molecule has 2 heterocycles. The first kappa shape index (κ1) is 12.6. The highest BCUT2D eigenvalue weighted by Gasteiger charge is 2.54. The van der Waals surface area contributed by atoms with Gasteiger partial charge in [-0.15, -0.1) is 0 Å². The van der Waals surface area contributed by atoms with Gasteiger partial charge in [-0.25, -0.2) is 0 Å². The fraction of sp³-hybridized carbons (Fsp3) is 1.00. The smallest absolute Gasteiger partial charge is 0.104 e. The number of epoxide rings is 2. The van der Waals surface area contributed by atoms with Crippen molar-refractivity contribution in [3.63, 3.8) is 0 Å². The largest absolute Gasteiger partial charge is 0.372 e. The van der Waals surface area contributed by atoms with E-state index in [0.717, 1.165) is 32.3 Å². The summed E-state index contributed by atoms with van der Waals surface area (Å²) in [4.78, 5) is 0. The van der Waals surface area contributed by atoms with Crippen LogP contribution in [0.1, 0.15) is 26.2 Å². The van der Waals surface area contributed by atoms with Gasteiger partial charge in [-0.1, -0.05) is 13.3 Å². The quantitative estimate of drug-likeness (QED) is 0.658. The second kappa shape index (κ2) is 4.99. The lowest BCUT2D eigenvalue weighted by Crippen LogP contribution is -2.41. The number of fused-ring (bicyclic) bond motifs is 2. The zero-order chi connectivity index (χ0) is 12.8. The summed E-state index contributed by atoms with van der Waals surface area (Å²) in [6, 6.07) is 0.